The second kappa shape index (κ2) is 5.12. The van der Waals surface area contributed by atoms with E-state index in [-0.39, 0.29) is 0 Å². The second-order valence-electron chi connectivity index (χ2n) is 5.11. The Kier molecular flexibility index (Phi) is 3.56. The molecule has 0 saturated carbocycles. The van der Waals surface area contributed by atoms with Crippen molar-refractivity contribution in [2.45, 2.75) is 19.4 Å². The highest BCUT2D eigenvalue weighted by Gasteiger charge is 2.52. The van der Waals surface area contributed by atoms with Gasteiger partial charge in [0.2, 0.25) is 0 Å². The number of cyclic esters (lactones) is 2. The molecule has 23 heavy (non-hydrogen) atoms. The summed E-state index contributed by atoms with van der Waals surface area (Å²) < 4.78 is 4.35. The van der Waals surface area contributed by atoms with Crippen molar-refractivity contribution < 1.29 is 29.0 Å². The Morgan fingerprint density at radius 3 is 1.91 bits per heavy atom. The number of carbonyl (C=O) groups excluding carboxylic acids is 3. The zero-order valence-corrected chi connectivity index (χ0v) is 11.8. The molecular formula is C12H9N3O8. The van der Waals surface area contributed by atoms with Gasteiger partial charge in [-0.15, -0.1) is 0 Å². The van der Waals surface area contributed by atoms with Crippen LogP contribution in [0.15, 0.2) is 18.2 Å². The number of hydrogen-bond acceptors (Lipinski definition) is 8. The van der Waals surface area contributed by atoms with E-state index in [1.165, 1.54) is 13.8 Å². The SMILES string of the molecule is CC1(C)C(=O)OC(=O)N1C(=O)c1cc([N+](=O)[O-])cc([N+](=O)[O-])c1. The summed E-state index contributed by atoms with van der Waals surface area (Å²) in [5.41, 5.74) is -3.50. The average molecular weight is 323 g/mol. The number of hydrogen-bond donors (Lipinski definition) is 0. The Bertz CT molecular complexity index is 737. The van der Waals surface area contributed by atoms with Crippen LogP contribution in [0.1, 0.15) is 24.2 Å². The van der Waals surface area contributed by atoms with Gasteiger partial charge in [-0.1, -0.05) is 0 Å². The van der Waals surface area contributed by atoms with E-state index in [1.54, 1.807) is 0 Å². The molecule has 1 saturated heterocycles. The Labute approximate surface area is 127 Å². The van der Waals surface area contributed by atoms with E-state index < -0.39 is 50.3 Å². The normalized spacial score (nSPS) is 16.2. The van der Waals surface area contributed by atoms with Gasteiger partial charge < -0.3 is 4.74 Å². The summed E-state index contributed by atoms with van der Waals surface area (Å²) >= 11 is 0. The largest absolute Gasteiger partial charge is 0.425 e. The molecule has 0 aliphatic carbocycles. The fourth-order valence-corrected chi connectivity index (χ4v) is 1.96. The molecule has 1 heterocycles. The van der Waals surface area contributed by atoms with Gasteiger partial charge in [-0.2, -0.15) is 0 Å². The maximum Gasteiger partial charge on any atom is 0.425 e. The first-order valence-electron chi connectivity index (χ1n) is 6.10. The van der Waals surface area contributed by atoms with Crippen LogP contribution in [0.5, 0.6) is 0 Å². The first-order chi connectivity index (χ1) is 10.6. The van der Waals surface area contributed by atoms with Crippen LogP contribution in [0.25, 0.3) is 0 Å². The number of nitrogens with zero attached hydrogens (tertiary/aromatic N) is 3. The number of esters is 1. The molecule has 1 fully saturated rings. The maximum absolute atomic E-state index is 12.4. The van der Waals surface area contributed by atoms with E-state index in [0.717, 1.165) is 12.1 Å². The number of carbonyl (C=O) groups is 3. The summed E-state index contributed by atoms with van der Waals surface area (Å²) in [5.74, 6) is -2.09. The third-order valence-corrected chi connectivity index (χ3v) is 3.20. The summed E-state index contributed by atoms with van der Waals surface area (Å²) in [6, 6.07) is 2.23. The molecule has 120 valence electrons. The first kappa shape index (κ1) is 16.0. The van der Waals surface area contributed by atoms with Gasteiger partial charge in [0.15, 0.2) is 0 Å². The molecule has 0 atom stereocenters. The number of rotatable bonds is 3. The molecule has 0 bridgehead atoms. The predicted octanol–water partition coefficient (Wildman–Crippen LogP) is 1.40. The fraction of sp³-hybridized carbons (Fsp3) is 0.250. The summed E-state index contributed by atoms with van der Waals surface area (Å²) in [6.45, 7) is 2.48. The lowest BCUT2D eigenvalue weighted by atomic mass is 10.0. The Balaban J connectivity index is 2.55. The number of amides is 2. The van der Waals surface area contributed by atoms with E-state index >= 15 is 0 Å². The minimum absolute atomic E-state index is 0.456. The number of ether oxygens (including phenoxy) is 1. The quantitative estimate of drug-likeness (QED) is 0.350. The standard InChI is InChI=1S/C12H9N3O8/c1-12(2)10(17)23-11(18)13(12)9(16)6-3-7(14(19)20)5-8(4-6)15(21)22/h3-5H,1-2H3. The highest BCUT2D eigenvalue weighted by molar-refractivity contribution is 6.12. The third-order valence-electron chi connectivity index (χ3n) is 3.20. The lowest BCUT2D eigenvalue weighted by molar-refractivity contribution is -0.394. The molecule has 2 rings (SSSR count). The van der Waals surface area contributed by atoms with Crippen LogP contribution in [-0.4, -0.2) is 38.3 Å². The average Bonchev–Trinajstić information content (AvgIpc) is 2.65. The van der Waals surface area contributed by atoms with E-state index in [9.17, 15) is 34.6 Å². The molecule has 1 aromatic rings. The van der Waals surface area contributed by atoms with Gasteiger partial charge in [0.05, 0.1) is 21.5 Å². The molecule has 0 radical (unpaired) electrons. The number of imide groups is 1. The molecule has 11 heteroatoms. The number of nitro groups is 2. The zero-order valence-electron chi connectivity index (χ0n) is 11.8. The highest BCUT2D eigenvalue weighted by atomic mass is 16.6. The number of benzene rings is 1. The van der Waals surface area contributed by atoms with Crippen molar-refractivity contribution in [1.29, 1.82) is 0 Å². The first-order valence-corrected chi connectivity index (χ1v) is 6.10. The number of nitro benzene ring substituents is 2. The van der Waals surface area contributed by atoms with E-state index in [4.69, 9.17) is 0 Å². The summed E-state index contributed by atoms with van der Waals surface area (Å²) in [4.78, 5) is 55.9. The topological polar surface area (TPSA) is 150 Å². The van der Waals surface area contributed by atoms with Crippen LogP contribution < -0.4 is 0 Å². The van der Waals surface area contributed by atoms with E-state index in [1.807, 2.05) is 0 Å². The predicted molar refractivity (Wildman–Crippen MR) is 71.5 cm³/mol. The Hall–Kier alpha value is -3.37. The van der Waals surface area contributed by atoms with Crippen LogP contribution in [-0.2, 0) is 9.53 Å². The van der Waals surface area contributed by atoms with Crippen molar-refractivity contribution in [3.8, 4) is 0 Å². The van der Waals surface area contributed by atoms with Crippen molar-refractivity contribution in [2.24, 2.45) is 0 Å². The van der Waals surface area contributed by atoms with Crippen LogP contribution in [0.2, 0.25) is 0 Å². The van der Waals surface area contributed by atoms with Gasteiger partial charge in [-0.3, -0.25) is 25.0 Å². The van der Waals surface area contributed by atoms with Crippen molar-refractivity contribution in [2.75, 3.05) is 0 Å². The Morgan fingerprint density at radius 2 is 1.57 bits per heavy atom. The van der Waals surface area contributed by atoms with Crippen LogP contribution in [0, 0.1) is 20.2 Å². The van der Waals surface area contributed by atoms with Gasteiger partial charge in [0.25, 0.3) is 17.3 Å². The smallest absolute Gasteiger partial charge is 0.374 e. The second-order valence-corrected chi connectivity index (χ2v) is 5.11. The lowest BCUT2D eigenvalue weighted by Gasteiger charge is -2.23. The number of non-ortho nitro benzene ring substituents is 2. The molecule has 1 aromatic carbocycles. The highest BCUT2D eigenvalue weighted by Crippen LogP contribution is 2.29. The molecule has 1 aliphatic heterocycles. The van der Waals surface area contributed by atoms with Crippen molar-refractivity contribution in [3.05, 3.63) is 44.0 Å². The molecule has 0 spiro atoms. The molecule has 11 nitrogen and oxygen atoms in total. The molecule has 0 aromatic heterocycles. The van der Waals surface area contributed by atoms with Gasteiger partial charge in [-0.05, 0) is 13.8 Å². The van der Waals surface area contributed by atoms with Crippen LogP contribution >= 0.6 is 0 Å². The van der Waals surface area contributed by atoms with Gasteiger partial charge in [0, 0.05) is 12.1 Å². The zero-order chi connectivity index (χ0) is 17.5. The van der Waals surface area contributed by atoms with Gasteiger partial charge >= 0.3 is 12.1 Å². The summed E-state index contributed by atoms with van der Waals surface area (Å²) in [6.07, 6.45) is -1.25. The molecule has 0 unspecified atom stereocenters. The fourth-order valence-electron chi connectivity index (χ4n) is 1.96. The minimum atomic E-state index is -1.63. The van der Waals surface area contributed by atoms with Gasteiger partial charge in [-0.25, -0.2) is 14.5 Å². The summed E-state index contributed by atoms with van der Waals surface area (Å²) in [5, 5.41) is 21.7. The van der Waals surface area contributed by atoms with Crippen LogP contribution in [0.3, 0.4) is 0 Å². The van der Waals surface area contributed by atoms with Crippen molar-refractivity contribution in [3.63, 3.8) is 0 Å². The third kappa shape index (κ3) is 2.59. The van der Waals surface area contributed by atoms with E-state index in [0.29, 0.717) is 11.0 Å². The minimum Gasteiger partial charge on any atom is -0.374 e. The summed E-state index contributed by atoms with van der Waals surface area (Å²) in [7, 11) is 0. The van der Waals surface area contributed by atoms with Gasteiger partial charge in [0.1, 0.15) is 5.54 Å². The van der Waals surface area contributed by atoms with Crippen molar-refractivity contribution in [1.82, 2.24) is 4.90 Å². The Morgan fingerprint density at radius 1 is 1.09 bits per heavy atom. The lowest BCUT2D eigenvalue weighted by Crippen LogP contribution is -2.47. The molecule has 0 N–H and O–H groups in total. The van der Waals surface area contributed by atoms with Crippen molar-refractivity contribution >= 4 is 29.3 Å². The monoisotopic (exact) mass is 323 g/mol. The van der Waals surface area contributed by atoms with E-state index in [2.05, 4.69) is 4.74 Å². The molecule has 2 amide bonds. The molecular weight excluding hydrogens is 314 g/mol. The molecule has 1 aliphatic rings. The van der Waals surface area contributed by atoms with Crippen LogP contribution in [0.4, 0.5) is 16.2 Å². The maximum atomic E-state index is 12.4.